The highest BCUT2D eigenvalue weighted by Gasteiger charge is 2.16. The molecular weight excluding hydrogens is 304 g/mol. The zero-order valence-corrected chi connectivity index (χ0v) is 13.6. The number of rotatable bonds is 5. The fourth-order valence-corrected chi connectivity index (χ4v) is 3.06. The molecule has 116 valence electrons. The van der Waals surface area contributed by atoms with E-state index in [0.717, 1.165) is 0 Å². The van der Waals surface area contributed by atoms with Gasteiger partial charge in [0.2, 0.25) is 5.76 Å². The molecule has 0 aliphatic heterocycles. The summed E-state index contributed by atoms with van der Waals surface area (Å²) in [4.78, 5) is 31.7. The summed E-state index contributed by atoms with van der Waals surface area (Å²) in [5.41, 5.74) is 1.19. The molecule has 0 aliphatic rings. The smallest absolute Gasteiger partial charge is 0.373 e. The first kappa shape index (κ1) is 16.2. The van der Waals surface area contributed by atoms with Gasteiger partial charge < -0.3 is 9.15 Å². The summed E-state index contributed by atoms with van der Waals surface area (Å²) in [6.45, 7) is 5.06. The molecule has 7 heteroatoms. The molecule has 2 heterocycles. The van der Waals surface area contributed by atoms with Gasteiger partial charge in [-0.15, -0.1) is 0 Å². The normalized spacial score (nSPS) is 10.5. The van der Waals surface area contributed by atoms with Crippen molar-refractivity contribution in [2.45, 2.75) is 31.6 Å². The van der Waals surface area contributed by atoms with Gasteiger partial charge in [0, 0.05) is 0 Å². The molecule has 6 nitrogen and oxygen atoms in total. The molecule has 0 spiro atoms. The number of nitrogens with zero attached hydrogens (tertiary/aromatic N) is 2. The second-order valence-corrected chi connectivity index (χ2v) is 5.60. The van der Waals surface area contributed by atoms with Gasteiger partial charge in [-0.1, -0.05) is 11.8 Å². The maximum atomic E-state index is 11.8. The van der Waals surface area contributed by atoms with Gasteiger partial charge in [0.05, 0.1) is 24.1 Å². The minimum absolute atomic E-state index is 0.0744. The number of carbonyl (C=O) groups excluding carboxylic acids is 2. The van der Waals surface area contributed by atoms with Gasteiger partial charge in [-0.2, -0.15) is 0 Å². The monoisotopic (exact) mass is 320 g/mol. The summed E-state index contributed by atoms with van der Waals surface area (Å²) < 4.78 is 9.98. The number of aryl methyl sites for hydroxylation is 2. The van der Waals surface area contributed by atoms with E-state index in [9.17, 15) is 9.59 Å². The number of hydrogen-bond acceptors (Lipinski definition) is 7. The van der Waals surface area contributed by atoms with Crippen LogP contribution in [0.2, 0.25) is 0 Å². The van der Waals surface area contributed by atoms with Gasteiger partial charge in [0.1, 0.15) is 16.6 Å². The van der Waals surface area contributed by atoms with Crippen molar-refractivity contribution in [3.63, 3.8) is 0 Å². The molecule has 0 atom stereocenters. The van der Waals surface area contributed by atoms with Crippen molar-refractivity contribution in [1.82, 2.24) is 9.97 Å². The fraction of sp³-hybridized carbons (Fsp3) is 0.333. The van der Waals surface area contributed by atoms with Gasteiger partial charge in [-0.05, 0) is 32.9 Å². The van der Waals surface area contributed by atoms with Gasteiger partial charge in [0.25, 0.3) is 0 Å². The van der Waals surface area contributed by atoms with Crippen LogP contribution < -0.4 is 0 Å². The van der Waals surface area contributed by atoms with E-state index in [1.807, 2.05) is 0 Å². The summed E-state index contributed by atoms with van der Waals surface area (Å²) in [5, 5.41) is 0.619. The first-order valence-corrected chi connectivity index (χ1v) is 7.57. The van der Waals surface area contributed by atoms with Crippen LogP contribution in [0, 0.1) is 13.8 Å². The summed E-state index contributed by atoms with van der Waals surface area (Å²) in [6, 6.07) is 3.26. The molecule has 0 fully saturated rings. The maximum absolute atomic E-state index is 11.8. The lowest BCUT2D eigenvalue weighted by Gasteiger charge is -2.08. The Morgan fingerprint density at radius 2 is 2.00 bits per heavy atom. The number of ether oxygens (including phenoxy) is 1. The Balaban J connectivity index is 2.19. The lowest BCUT2D eigenvalue weighted by Crippen LogP contribution is -2.06. The minimum atomic E-state index is -0.519. The highest BCUT2D eigenvalue weighted by molar-refractivity contribution is 7.98. The Kier molecular flexibility index (Phi) is 4.97. The van der Waals surface area contributed by atoms with Crippen LogP contribution in [0.1, 0.15) is 45.1 Å². The number of furan rings is 1. The fourth-order valence-electron chi connectivity index (χ4n) is 2.00. The predicted octanol–water partition coefficient (Wildman–Crippen LogP) is 2.97. The van der Waals surface area contributed by atoms with E-state index >= 15 is 0 Å². The molecule has 22 heavy (non-hydrogen) atoms. The highest BCUT2D eigenvalue weighted by Crippen LogP contribution is 2.27. The topological polar surface area (TPSA) is 82.3 Å². The summed E-state index contributed by atoms with van der Waals surface area (Å²) in [5.74, 6) is 1.23. The molecular formula is C15H16N2O4S. The number of ketones is 1. The predicted molar refractivity (Wildman–Crippen MR) is 81.1 cm³/mol. The zero-order valence-electron chi connectivity index (χ0n) is 12.8. The first-order valence-electron chi connectivity index (χ1n) is 6.58. The minimum Gasteiger partial charge on any atom is -0.463 e. The average molecular weight is 320 g/mol. The van der Waals surface area contributed by atoms with Crippen LogP contribution in [-0.2, 0) is 10.5 Å². The van der Waals surface area contributed by atoms with E-state index in [4.69, 9.17) is 4.42 Å². The summed E-state index contributed by atoms with van der Waals surface area (Å²) >= 11 is 1.37. The van der Waals surface area contributed by atoms with E-state index in [0.29, 0.717) is 33.6 Å². The lowest BCUT2D eigenvalue weighted by molar-refractivity contribution is 0.0563. The van der Waals surface area contributed by atoms with Crippen LogP contribution in [0.3, 0.4) is 0 Å². The number of methoxy groups -OCH3 is 1. The van der Waals surface area contributed by atoms with E-state index in [1.165, 1.54) is 25.8 Å². The summed E-state index contributed by atoms with van der Waals surface area (Å²) in [7, 11) is 1.30. The van der Waals surface area contributed by atoms with Gasteiger partial charge in [0.15, 0.2) is 5.78 Å². The van der Waals surface area contributed by atoms with Crippen molar-refractivity contribution in [3.8, 4) is 0 Å². The van der Waals surface area contributed by atoms with Crippen molar-refractivity contribution < 1.29 is 18.7 Å². The van der Waals surface area contributed by atoms with E-state index in [1.54, 1.807) is 26.0 Å². The molecule has 0 radical (unpaired) electrons. The van der Waals surface area contributed by atoms with Crippen LogP contribution in [0.4, 0.5) is 0 Å². The number of esters is 1. The Hall–Kier alpha value is -2.15. The molecule has 0 aliphatic carbocycles. The third kappa shape index (κ3) is 3.54. The Bertz CT molecular complexity index is 724. The zero-order chi connectivity index (χ0) is 16.3. The lowest BCUT2D eigenvalue weighted by atomic mass is 10.2. The first-order chi connectivity index (χ1) is 10.4. The van der Waals surface area contributed by atoms with Crippen molar-refractivity contribution in [2.75, 3.05) is 7.11 Å². The van der Waals surface area contributed by atoms with Crippen LogP contribution in [0.15, 0.2) is 21.6 Å². The SMILES string of the molecule is COC(=O)c1ccc(CSc2nc(C)nc(C)c2C(C)=O)o1. The molecule has 0 N–H and O–H groups in total. The van der Waals surface area contributed by atoms with Crippen molar-refractivity contribution in [1.29, 1.82) is 0 Å². The highest BCUT2D eigenvalue weighted by atomic mass is 32.2. The number of Topliss-reactive ketones (excluding diaryl/α,β-unsaturated/α-hetero) is 1. The molecule has 0 unspecified atom stereocenters. The van der Waals surface area contributed by atoms with Crippen LogP contribution in [0.25, 0.3) is 0 Å². The summed E-state index contributed by atoms with van der Waals surface area (Å²) in [6.07, 6.45) is 0. The average Bonchev–Trinajstić information content (AvgIpc) is 2.91. The van der Waals surface area contributed by atoms with Crippen molar-refractivity contribution in [2.24, 2.45) is 0 Å². The van der Waals surface area contributed by atoms with Gasteiger partial charge in [-0.25, -0.2) is 14.8 Å². The largest absolute Gasteiger partial charge is 0.463 e. The molecule has 0 amide bonds. The molecule has 0 saturated heterocycles. The second kappa shape index (κ2) is 6.74. The van der Waals surface area contributed by atoms with Crippen LogP contribution in [0.5, 0.6) is 0 Å². The molecule has 2 aromatic heterocycles. The Morgan fingerprint density at radius 1 is 1.27 bits per heavy atom. The molecule has 2 rings (SSSR count). The standard InChI is InChI=1S/C15H16N2O4S/c1-8-13(9(2)18)14(17-10(3)16-8)22-7-11-5-6-12(21-11)15(19)20-4/h5-6H,7H2,1-4H3. The molecule has 2 aromatic rings. The quantitative estimate of drug-likeness (QED) is 0.362. The Labute approximate surface area is 132 Å². The maximum Gasteiger partial charge on any atom is 0.373 e. The number of aromatic nitrogens is 2. The van der Waals surface area contributed by atoms with E-state index < -0.39 is 5.97 Å². The van der Waals surface area contributed by atoms with Crippen molar-refractivity contribution in [3.05, 3.63) is 40.7 Å². The van der Waals surface area contributed by atoms with Crippen molar-refractivity contribution >= 4 is 23.5 Å². The number of hydrogen-bond donors (Lipinski definition) is 0. The second-order valence-electron chi connectivity index (χ2n) is 4.64. The molecule has 0 saturated carbocycles. The van der Waals surface area contributed by atoms with Gasteiger partial charge in [-0.3, -0.25) is 4.79 Å². The van der Waals surface area contributed by atoms with Crippen LogP contribution >= 0.6 is 11.8 Å². The van der Waals surface area contributed by atoms with Crippen LogP contribution in [-0.4, -0.2) is 28.8 Å². The molecule has 0 aromatic carbocycles. The molecule has 0 bridgehead atoms. The third-order valence-electron chi connectivity index (χ3n) is 2.92. The Morgan fingerprint density at radius 3 is 2.64 bits per heavy atom. The van der Waals surface area contributed by atoms with E-state index in [-0.39, 0.29) is 11.5 Å². The van der Waals surface area contributed by atoms with Gasteiger partial charge >= 0.3 is 5.97 Å². The number of thioether (sulfide) groups is 1. The number of carbonyl (C=O) groups is 2. The van der Waals surface area contributed by atoms with E-state index in [2.05, 4.69) is 14.7 Å². The third-order valence-corrected chi connectivity index (χ3v) is 3.92.